The van der Waals surface area contributed by atoms with Gasteiger partial charge in [0.15, 0.2) is 0 Å². The molecule has 90 valence electrons. The zero-order chi connectivity index (χ0) is 10.5. The van der Waals surface area contributed by atoms with Crippen molar-refractivity contribution in [2.45, 2.75) is 19.4 Å². The lowest BCUT2D eigenvalue weighted by atomic mass is 9.97. The van der Waals surface area contributed by atoms with Crippen molar-refractivity contribution < 1.29 is 0 Å². The van der Waals surface area contributed by atoms with E-state index in [1.165, 1.54) is 31.5 Å². The predicted octanol–water partition coefficient (Wildman–Crippen LogP) is 1.67. The minimum absolute atomic E-state index is 0. The molecule has 3 nitrogen and oxygen atoms in total. The molecule has 2 rings (SSSR count). The van der Waals surface area contributed by atoms with Crippen LogP contribution in [0.1, 0.15) is 18.4 Å². The number of piperidine rings is 1. The van der Waals surface area contributed by atoms with Crippen molar-refractivity contribution in [1.29, 1.82) is 0 Å². The Bertz CT molecular complexity index is 284. The molecule has 2 N–H and O–H groups in total. The normalized spacial score (nSPS) is 18.1. The van der Waals surface area contributed by atoms with E-state index in [0.29, 0.717) is 0 Å². The van der Waals surface area contributed by atoms with Crippen LogP contribution < -0.4 is 5.73 Å². The van der Waals surface area contributed by atoms with Crippen LogP contribution in [0.5, 0.6) is 0 Å². The van der Waals surface area contributed by atoms with Crippen LogP contribution in [0.25, 0.3) is 0 Å². The van der Waals surface area contributed by atoms with E-state index in [2.05, 4.69) is 22.0 Å². The Kier molecular flexibility index (Phi) is 5.74. The molecule has 0 bridgehead atoms. The highest BCUT2D eigenvalue weighted by molar-refractivity contribution is 5.85. The first-order chi connectivity index (χ1) is 7.38. The zero-order valence-corrected chi connectivity index (χ0v) is 10.3. The van der Waals surface area contributed by atoms with Crippen LogP contribution in [0.15, 0.2) is 24.5 Å². The maximum absolute atomic E-state index is 5.67. The number of aromatic nitrogens is 1. The lowest BCUT2D eigenvalue weighted by Crippen LogP contribution is -2.35. The molecule has 0 aliphatic carbocycles. The molecule has 1 aliphatic rings. The number of rotatable bonds is 3. The summed E-state index contributed by atoms with van der Waals surface area (Å²) in [6.07, 6.45) is 6.23. The van der Waals surface area contributed by atoms with Crippen LogP contribution in [0, 0.1) is 5.92 Å². The number of halogens is 1. The van der Waals surface area contributed by atoms with Crippen LogP contribution in [-0.2, 0) is 6.54 Å². The molecule has 1 aliphatic heterocycles. The van der Waals surface area contributed by atoms with Crippen LogP contribution in [0.3, 0.4) is 0 Å². The summed E-state index contributed by atoms with van der Waals surface area (Å²) in [7, 11) is 0. The van der Waals surface area contributed by atoms with Gasteiger partial charge in [0.05, 0.1) is 0 Å². The number of likely N-dealkylation sites (tertiary alicyclic amines) is 1. The predicted molar refractivity (Wildman–Crippen MR) is 68.5 cm³/mol. The number of pyridine rings is 1. The van der Waals surface area contributed by atoms with E-state index in [1.54, 1.807) is 0 Å². The second-order valence-electron chi connectivity index (χ2n) is 4.31. The van der Waals surface area contributed by atoms with E-state index >= 15 is 0 Å². The van der Waals surface area contributed by atoms with Gasteiger partial charge in [0.1, 0.15) is 0 Å². The molecule has 16 heavy (non-hydrogen) atoms. The first kappa shape index (κ1) is 13.4. The molecule has 1 saturated heterocycles. The largest absolute Gasteiger partial charge is 0.330 e. The Morgan fingerprint density at radius 3 is 2.44 bits per heavy atom. The number of hydrogen-bond donors (Lipinski definition) is 1. The fraction of sp³-hybridized carbons (Fsp3) is 0.583. The summed E-state index contributed by atoms with van der Waals surface area (Å²) in [5.41, 5.74) is 7.03. The molecule has 1 aromatic rings. The van der Waals surface area contributed by atoms with E-state index in [0.717, 1.165) is 19.0 Å². The van der Waals surface area contributed by atoms with E-state index in [9.17, 15) is 0 Å². The standard InChI is InChI=1S/C12H19N3.ClH/c13-9-11-3-7-15(8-4-11)10-12-1-5-14-6-2-12;/h1-2,5-6,11H,3-4,7-10,13H2;1H. The maximum Gasteiger partial charge on any atom is 0.0271 e. The number of nitrogens with two attached hydrogens (primary N) is 1. The van der Waals surface area contributed by atoms with Gasteiger partial charge in [-0.3, -0.25) is 9.88 Å². The van der Waals surface area contributed by atoms with Crippen LogP contribution in [0.4, 0.5) is 0 Å². The summed E-state index contributed by atoms with van der Waals surface area (Å²) in [5, 5.41) is 0. The third-order valence-electron chi connectivity index (χ3n) is 3.20. The highest BCUT2D eigenvalue weighted by Gasteiger charge is 2.17. The summed E-state index contributed by atoms with van der Waals surface area (Å²) in [6, 6.07) is 4.18. The van der Waals surface area contributed by atoms with Crippen molar-refractivity contribution in [3.8, 4) is 0 Å². The zero-order valence-electron chi connectivity index (χ0n) is 9.51. The van der Waals surface area contributed by atoms with Gasteiger partial charge in [-0.15, -0.1) is 12.4 Å². The van der Waals surface area contributed by atoms with Gasteiger partial charge in [-0.2, -0.15) is 0 Å². The third kappa shape index (κ3) is 3.74. The lowest BCUT2D eigenvalue weighted by molar-refractivity contribution is 0.180. The minimum Gasteiger partial charge on any atom is -0.330 e. The smallest absolute Gasteiger partial charge is 0.0271 e. The van der Waals surface area contributed by atoms with E-state index < -0.39 is 0 Å². The Morgan fingerprint density at radius 2 is 1.88 bits per heavy atom. The summed E-state index contributed by atoms with van der Waals surface area (Å²) in [6.45, 7) is 4.28. The monoisotopic (exact) mass is 241 g/mol. The summed E-state index contributed by atoms with van der Waals surface area (Å²) < 4.78 is 0. The number of hydrogen-bond acceptors (Lipinski definition) is 3. The van der Waals surface area contributed by atoms with Crippen molar-refractivity contribution in [3.63, 3.8) is 0 Å². The number of nitrogens with zero attached hydrogens (tertiary/aromatic N) is 2. The molecule has 0 aromatic carbocycles. The summed E-state index contributed by atoms with van der Waals surface area (Å²) >= 11 is 0. The van der Waals surface area contributed by atoms with E-state index in [4.69, 9.17) is 5.73 Å². The molecule has 0 atom stereocenters. The maximum atomic E-state index is 5.67. The molecule has 1 aromatic heterocycles. The van der Waals surface area contributed by atoms with Crippen molar-refractivity contribution in [2.24, 2.45) is 11.7 Å². The minimum atomic E-state index is 0. The molecule has 0 saturated carbocycles. The molecule has 1 fully saturated rings. The Morgan fingerprint density at radius 1 is 1.25 bits per heavy atom. The second kappa shape index (κ2) is 6.84. The Hall–Kier alpha value is -0.640. The average molecular weight is 242 g/mol. The van der Waals surface area contributed by atoms with Gasteiger partial charge < -0.3 is 5.73 Å². The lowest BCUT2D eigenvalue weighted by Gasteiger charge is -2.31. The molecular weight excluding hydrogens is 222 g/mol. The van der Waals surface area contributed by atoms with E-state index in [1.807, 2.05) is 12.4 Å². The molecular formula is C12H20ClN3. The average Bonchev–Trinajstić information content (AvgIpc) is 2.31. The third-order valence-corrected chi connectivity index (χ3v) is 3.20. The fourth-order valence-corrected chi connectivity index (χ4v) is 2.13. The van der Waals surface area contributed by atoms with Crippen molar-refractivity contribution in [1.82, 2.24) is 9.88 Å². The summed E-state index contributed by atoms with van der Waals surface area (Å²) in [5.74, 6) is 0.749. The Labute approximate surface area is 103 Å². The van der Waals surface area contributed by atoms with Crippen LogP contribution >= 0.6 is 12.4 Å². The molecule has 2 heterocycles. The first-order valence-corrected chi connectivity index (χ1v) is 5.70. The van der Waals surface area contributed by atoms with Crippen LogP contribution in [0.2, 0.25) is 0 Å². The van der Waals surface area contributed by atoms with E-state index in [-0.39, 0.29) is 12.4 Å². The SMILES string of the molecule is Cl.NCC1CCN(Cc2ccncc2)CC1. The van der Waals surface area contributed by atoms with Gasteiger partial charge in [0.2, 0.25) is 0 Å². The van der Waals surface area contributed by atoms with Gasteiger partial charge in [-0.1, -0.05) is 0 Å². The van der Waals surface area contributed by atoms with Gasteiger partial charge in [-0.25, -0.2) is 0 Å². The Balaban J connectivity index is 0.00000128. The van der Waals surface area contributed by atoms with Crippen molar-refractivity contribution in [2.75, 3.05) is 19.6 Å². The molecule has 0 spiro atoms. The first-order valence-electron chi connectivity index (χ1n) is 5.70. The molecule has 0 unspecified atom stereocenters. The van der Waals surface area contributed by atoms with Gasteiger partial charge in [0, 0.05) is 18.9 Å². The molecule has 4 heteroatoms. The topological polar surface area (TPSA) is 42.1 Å². The van der Waals surface area contributed by atoms with Gasteiger partial charge in [0.25, 0.3) is 0 Å². The molecule has 0 radical (unpaired) electrons. The highest BCUT2D eigenvalue weighted by Crippen LogP contribution is 2.17. The highest BCUT2D eigenvalue weighted by atomic mass is 35.5. The fourth-order valence-electron chi connectivity index (χ4n) is 2.13. The van der Waals surface area contributed by atoms with Gasteiger partial charge >= 0.3 is 0 Å². The second-order valence-corrected chi connectivity index (χ2v) is 4.31. The molecule has 0 amide bonds. The van der Waals surface area contributed by atoms with Crippen molar-refractivity contribution >= 4 is 12.4 Å². The summed E-state index contributed by atoms with van der Waals surface area (Å²) in [4.78, 5) is 6.53. The van der Waals surface area contributed by atoms with Crippen molar-refractivity contribution in [3.05, 3.63) is 30.1 Å². The van der Waals surface area contributed by atoms with Gasteiger partial charge in [-0.05, 0) is 56.1 Å². The van der Waals surface area contributed by atoms with Crippen LogP contribution in [-0.4, -0.2) is 29.5 Å². The quantitative estimate of drug-likeness (QED) is 0.876.